The first-order valence-corrected chi connectivity index (χ1v) is 13.9. The van der Waals surface area contributed by atoms with Gasteiger partial charge in [-0.15, -0.1) is 0 Å². The van der Waals surface area contributed by atoms with Crippen LogP contribution in [0.3, 0.4) is 0 Å². The second kappa shape index (κ2) is 9.40. The molecule has 0 spiro atoms. The Labute approximate surface area is 186 Å². The predicted octanol–water partition coefficient (Wildman–Crippen LogP) is 3.99. The molecule has 1 saturated heterocycles. The molecule has 8 heteroatoms. The van der Waals surface area contributed by atoms with Gasteiger partial charge in [0.15, 0.2) is 0 Å². The van der Waals surface area contributed by atoms with Crippen LogP contribution in [0.25, 0.3) is 0 Å². The zero-order valence-corrected chi connectivity index (χ0v) is 19.3. The third-order valence-corrected chi connectivity index (χ3v) is 10.1. The molecule has 6 nitrogen and oxygen atoms in total. The van der Waals surface area contributed by atoms with Gasteiger partial charge in [0.25, 0.3) is 0 Å². The van der Waals surface area contributed by atoms with Crippen molar-refractivity contribution >= 4 is 20.0 Å². The minimum Gasteiger partial charge on any atom is -0.207 e. The molecule has 31 heavy (non-hydrogen) atoms. The Bertz CT molecular complexity index is 1070. The van der Waals surface area contributed by atoms with E-state index in [1.54, 1.807) is 4.31 Å². The number of hydrogen-bond donors (Lipinski definition) is 0. The van der Waals surface area contributed by atoms with Crippen molar-refractivity contribution < 1.29 is 16.8 Å². The van der Waals surface area contributed by atoms with Gasteiger partial charge in [0.05, 0.1) is 9.79 Å². The Balaban J connectivity index is 1.63. The largest absolute Gasteiger partial charge is 0.243 e. The molecular weight excluding hydrogens is 432 g/mol. The van der Waals surface area contributed by atoms with E-state index in [9.17, 15) is 16.8 Å². The lowest BCUT2D eigenvalue weighted by molar-refractivity contribution is 0.247. The van der Waals surface area contributed by atoms with E-state index in [0.717, 1.165) is 50.5 Å². The molecule has 1 aliphatic carbocycles. The molecular formula is C23H30N2O4S2. The molecule has 2 fully saturated rings. The molecule has 2 aromatic carbocycles. The molecule has 1 heterocycles. The third kappa shape index (κ3) is 4.87. The van der Waals surface area contributed by atoms with Crippen molar-refractivity contribution in [3.05, 3.63) is 60.2 Å². The van der Waals surface area contributed by atoms with Crippen LogP contribution in [-0.4, -0.2) is 44.6 Å². The van der Waals surface area contributed by atoms with Crippen LogP contribution in [0.4, 0.5) is 0 Å². The van der Waals surface area contributed by atoms with E-state index < -0.39 is 20.0 Å². The van der Waals surface area contributed by atoms with Gasteiger partial charge < -0.3 is 0 Å². The van der Waals surface area contributed by atoms with Gasteiger partial charge in [0.2, 0.25) is 20.0 Å². The fourth-order valence-electron chi connectivity index (χ4n) is 4.54. The number of sulfonamides is 2. The normalized spacial score (nSPS) is 19.1. The van der Waals surface area contributed by atoms with Gasteiger partial charge in [-0.05, 0) is 55.5 Å². The first-order chi connectivity index (χ1) is 14.9. The second-order valence-electron chi connectivity index (χ2n) is 8.41. The van der Waals surface area contributed by atoms with Crippen molar-refractivity contribution in [2.75, 3.05) is 13.1 Å². The molecule has 0 bridgehead atoms. The van der Waals surface area contributed by atoms with Crippen LogP contribution < -0.4 is 0 Å². The molecule has 168 valence electrons. The summed E-state index contributed by atoms with van der Waals surface area (Å²) in [7, 11) is -7.32. The maximum absolute atomic E-state index is 13.6. The molecule has 2 aliphatic rings. The number of benzene rings is 2. The summed E-state index contributed by atoms with van der Waals surface area (Å²) in [5.41, 5.74) is 0.949. The van der Waals surface area contributed by atoms with Crippen LogP contribution in [0.5, 0.6) is 0 Å². The average Bonchev–Trinajstić information content (AvgIpc) is 3.35. The smallest absolute Gasteiger partial charge is 0.207 e. The number of rotatable bonds is 7. The zero-order chi connectivity index (χ0) is 21.9. The predicted molar refractivity (Wildman–Crippen MR) is 120 cm³/mol. The molecule has 4 rings (SSSR count). The topological polar surface area (TPSA) is 74.8 Å². The standard InChI is InChI=1S/C23H30N2O4S2/c26-30(27,24-17-7-8-18-24)22-13-15-23(16-14-22)31(28,29)25(21-11-5-2-6-12-21)19-20-9-3-1-4-10-20/h1,3-4,9-10,13-16,21H,2,5-8,11-12,17-19H2. The quantitative estimate of drug-likeness (QED) is 0.623. The van der Waals surface area contributed by atoms with E-state index in [1.807, 2.05) is 30.3 Å². The first-order valence-electron chi connectivity index (χ1n) is 11.0. The molecule has 1 aliphatic heterocycles. The molecule has 0 radical (unpaired) electrons. The highest BCUT2D eigenvalue weighted by molar-refractivity contribution is 7.89. The van der Waals surface area contributed by atoms with Crippen LogP contribution in [0.15, 0.2) is 64.4 Å². The Hall–Kier alpha value is -1.74. The second-order valence-corrected chi connectivity index (χ2v) is 12.2. The van der Waals surface area contributed by atoms with E-state index in [2.05, 4.69) is 0 Å². The summed E-state index contributed by atoms with van der Waals surface area (Å²) in [6.07, 6.45) is 6.62. The maximum Gasteiger partial charge on any atom is 0.243 e. The van der Waals surface area contributed by atoms with Gasteiger partial charge in [0, 0.05) is 25.7 Å². The van der Waals surface area contributed by atoms with E-state index in [1.165, 1.54) is 28.6 Å². The van der Waals surface area contributed by atoms with Crippen LogP contribution in [0, 0.1) is 0 Å². The van der Waals surface area contributed by atoms with E-state index in [-0.39, 0.29) is 15.8 Å². The molecule has 0 amide bonds. The Morgan fingerprint density at radius 1 is 0.742 bits per heavy atom. The summed E-state index contributed by atoms with van der Waals surface area (Å²) in [4.78, 5) is 0.301. The van der Waals surface area contributed by atoms with Crippen LogP contribution >= 0.6 is 0 Å². The van der Waals surface area contributed by atoms with Crippen molar-refractivity contribution in [3.63, 3.8) is 0 Å². The molecule has 1 saturated carbocycles. The van der Waals surface area contributed by atoms with Crippen molar-refractivity contribution in [3.8, 4) is 0 Å². The van der Waals surface area contributed by atoms with Crippen LogP contribution in [0.2, 0.25) is 0 Å². The molecule has 0 N–H and O–H groups in total. The maximum atomic E-state index is 13.6. The van der Waals surface area contributed by atoms with Crippen molar-refractivity contribution in [2.24, 2.45) is 0 Å². The van der Waals surface area contributed by atoms with Crippen LogP contribution in [-0.2, 0) is 26.6 Å². The van der Waals surface area contributed by atoms with Gasteiger partial charge in [0.1, 0.15) is 0 Å². The fraction of sp³-hybridized carbons (Fsp3) is 0.478. The van der Waals surface area contributed by atoms with E-state index in [4.69, 9.17) is 0 Å². The average molecular weight is 463 g/mol. The molecule has 0 unspecified atom stereocenters. The lowest BCUT2D eigenvalue weighted by Gasteiger charge is -2.33. The summed E-state index contributed by atoms with van der Waals surface area (Å²) < 4.78 is 55.9. The van der Waals surface area contributed by atoms with Gasteiger partial charge in [-0.1, -0.05) is 49.6 Å². The molecule has 0 atom stereocenters. The first kappa shape index (κ1) is 22.5. The minimum absolute atomic E-state index is 0.0352. The Morgan fingerprint density at radius 3 is 1.94 bits per heavy atom. The highest BCUT2D eigenvalue weighted by atomic mass is 32.2. The van der Waals surface area contributed by atoms with Crippen molar-refractivity contribution in [1.82, 2.24) is 8.61 Å². The van der Waals surface area contributed by atoms with Crippen LogP contribution in [0.1, 0.15) is 50.5 Å². The number of nitrogens with zero attached hydrogens (tertiary/aromatic N) is 2. The SMILES string of the molecule is O=S(=O)(c1ccc(S(=O)(=O)N(Cc2ccccc2)C2CCCCC2)cc1)N1CCCC1. The van der Waals surface area contributed by atoms with Gasteiger partial charge >= 0.3 is 0 Å². The lowest BCUT2D eigenvalue weighted by atomic mass is 9.95. The summed E-state index contributed by atoms with van der Waals surface area (Å²) in [6.45, 7) is 1.37. The van der Waals surface area contributed by atoms with E-state index in [0.29, 0.717) is 19.6 Å². The van der Waals surface area contributed by atoms with Crippen molar-refractivity contribution in [1.29, 1.82) is 0 Å². The number of hydrogen-bond acceptors (Lipinski definition) is 4. The Kier molecular flexibility index (Phi) is 6.81. The summed E-state index contributed by atoms with van der Waals surface area (Å²) >= 11 is 0. The monoisotopic (exact) mass is 462 g/mol. The fourth-order valence-corrected chi connectivity index (χ4v) is 7.73. The van der Waals surface area contributed by atoms with Crippen molar-refractivity contribution in [2.45, 2.75) is 67.3 Å². The summed E-state index contributed by atoms with van der Waals surface area (Å²) in [5, 5.41) is 0. The third-order valence-electron chi connectivity index (χ3n) is 6.30. The van der Waals surface area contributed by atoms with E-state index >= 15 is 0 Å². The van der Waals surface area contributed by atoms with Gasteiger partial charge in [-0.25, -0.2) is 16.8 Å². The molecule has 0 aromatic heterocycles. The molecule has 2 aromatic rings. The zero-order valence-electron chi connectivity index (χ0n) is 17.7. The minimum atomic E-state index is -3.76. The van der Waals surface area contributed by atoms with Gasteiger partial charge in [-0.2, -0.15) is 8.61 Å². The van der Waals surface area contributed by atoms with Gasteiger partial charge in [-0.3, -0.25) is 0 Å². The highest BCUT2D eigenvalue weighted by Gasteiger charge is 2.33. The summed E-state index contributed by atoms with van der Waals surface area (Å²) in [6, 6.07) is 15.4. The Morgan fingerprint density at radius 2 is 1.32 bits per heavy atom. The highest BCUT2D eigenvalue weighted by Crippen LogP contribution is 2.30. The lowest BCUT2D eigenvalue weighted by Crippen LogP contribution is -2.40. The summed E-state index contributed by atoms with van der Waals surface area (Å²) in [5.74, 6) is 0.